The highest BCUT2D eigenvalue weighted by Crippen LogP contribution is 2.35. The second-order valence-corrected chi connectivity index (χ2v) is 6.51. The minimum absolute atomic E-state index is 0.000375. The van der Waals surface area contributed by atoms with Crippen LogP contribution >= 0.6 is 0 Å². The SMILES string of the molecule is CC[C@H](CO)Oc1nc(NCc2ccc(-c3ccccn3)cc2)ncc1C(F)(F)F. The zero-order chi connectivity index (χ0) is 21.6. The number of hydrogen-bond donors (Lipinski definition) is 2. The average Bonchev–Trinajstić information content (AvgIpc) is 2.76. The summed E-state index contributed by atoms with van der Waals surface area (Å²) in [6.07, 6.45) is -2.72. The summed E-state index contributed by atoms with van der Waals surface area (Å²) >= 11 is 0. The maximum absolute atomic E-state index is 13.2. The van der Waals surface area contributed by atoms with E-state index in [1.165, 1.54) is 0 Å². The summed E-state index contributed by atoms with van der Waals surface area (Å²) < 4.78 is 44.9. The Morgan fingerprint density at radius 1 is 1.10 bits per heavy atom. The van der Waals surface area contributed by atoms with Gasteiger partial charge in [0.25, 0.3) is 0 Å². The van der Waals surface area contributed by atoms with Crippen LogP contribution in [-0.2, 0) is 12.7 Å². The molecule has 3 aromatic rings. The molecule has 0 aliphatic rings. The Bertz CT molecular complexity index is 947. The molecule has 158 valence electrons. The molecule has 2 N–H and O–H groups in total. The van der Waals surface area contributed by atoms with Crippen LogP contribution in [0.3, 0.4) is 0 Å². The fourth-order valence-electron chi connectivity index (χ4n) is 2.65. The maximum atomic E-state index is 13.2. The molecule has 0 aliphatic carbocycles. The highest BCUT2D eigenvalue weighted by Gasteiger charge is 2.36. The van der Waals surface area contributed by atoms with Gasteiger partial charge in [-0.3, -0.25) is 4.98 Å². The van der Waals surface area contributed by atoms with Crippen LogP contribution in [0.2, 0.25) is 0 Å². The van der Waals surface area contributed by atoms with E-state index in [0.717, 1.165) is 16.8 Å². The zero-order valence-corrected chi connectivity index (χ0v) is 16.2. The lowest BCUT2D eigenvalue weighted by Gasteiger charge is -2.18. The number of benzene rings is 1. The Morgan fingerprint density at radius 3 is 2.47 bits per heavy atom. The second-order valence-electron chi connectivity index (χ2n) is 6.51. The first-order valence-electron chi connectivity index (χ1n) is 9.36. The molecule has 9 heteroatoms. The highest BCUT2D eigenvalue weighted by atomic mass is 19.4. The molecule has 3 rings (SSSR count). The summed E-state index contributed by atoms with van der Waals surface area (Å²) in [5, 5.41) is 12.1. The molecule has 0 radical (unpaired) electrons. The largest absolute Gasteiger partial charge is 0.471 e. The second kappa shape index (κ2) is 9.53. The molecule has 2 heterocycles. The van der Waals surface area contributed by atoms with Crippen LogP contribution in [-0.4, -0.2) is 32.8 Å². The first kappa shape index (κ1) is 21.5. The first-order valence-corrected chi connectivity index (χ1v) is 9.36. The number of aliphatic hydroxyl groups is 1. The summed E-state index contributed by atoms with van der Waals surface area (Å²) in [7, 11) is 0. The van der Waals surface area contributed by atoms with Gasteiger partial charge < -0.3 is 15.2 Å². The molecule has 1 atom stereocenters. The van der Waals surface area contributed by atoms with Crippen molar-refractivity contribution in [1.82, 2.24) is 15.0 Å². The lowest BCUT2D eigenvalue weighted by Crippen LogP contribution is -2.23. The maximum Gasteiger partial charge on any atom is 0.423 e. The van der Waals surface area contributed by atoms with Crippen molar-refractivity contribution in [2.24, 2.45) is 0 Å². The number of hydrogen-bond acceptors (Lipinski definition) is 6. The number of anilines is 1. The molecule has 0 amide bonds. The molecule has 30 heavy (non-hydrogen) atoms. The van der Waals surface area contributed by atoms with E-state index < -0.39 is 30.3 Å². The van der Waals surface area contributed by atoms with Gasteiger partial charge in [0.1, 0.15) is 11.7 Å². The third-order valence-corrected chi connectivity index (χ3v) is 4.36. The van der Waals surface area contributed by atoms with Gasteiger partial charge in [0.15, 0.2) is 0 Å². The average molecular weight is 418 g/mol. The summed E-state index contributed by atoms with van der Waals surface area (Å²) in [6.45, 7) is 1.59. The fourth-order valence-corrected chi connectivity index (χ4v) is 2.65. The van der Waals surface area contributed by atoms with E-state index in [1.54, 1.807) is 13.1 Å². The Hall–Kier alpha value is -3.20. The molecule has 0 fully saturated rings. The quantitative estimate of drug-likeness (QED) is 0.567. The van der Waals surface area contributed by atoms with Gasteiger partial charge in [-0.1, -0.05) is 37.3 Å². The van der Waals surface area contributed by atoms with Crippen LogP contribution in [0.4, 0.5) is 19.1 Å². The molecule has 0 saturated heterocycles. The number of aromatic nitrogens is 3. The Kier molecular flexibility index (Phi) is 6.83. The molecule has 0 spiro atoms. The monoisotopic (exact) mass is 418 g/mol. The van der Waals surface area contributed by atoms with Gasteiger partial charge >= 0.3 is 6.18 Å². The van der Waals surface area contributed by atoms with Gasteiger partial charge in [0, 0.05) is 24.5 Å². The molecule has 0 unspecified atom stereocenters. The number of nitrogens with zero attached hydrogens (tertiary/aromatic N) is 3. The smallest absolute Gasteiger partial charge is 0.423 e. The van der Waals surface area contributed by atoms with Crippen molar-refractivity contribution >= 4 is 5.95 Å². The van der Waals surface area contributed by atoms with E-state index in [-0.39, 0.29) is 5.95 Å². The van der Waals surface area contributed by atoms with Gasteiger partial charge in [0.05, 0.1) is 12.3 Å². The predicted octanol–water partition coefficient (Wildman–Crippen LogP) is 4.32. The zero-order valence-electron chi connectivity index (χ0n) is 16.2. The van der Waals surface area contributed by atoms with Crippen LogP contribution in [0.1, 0.15) is 24.5 Å². The number of nitrogens with one attached hydrogen (secondary N) is 1. The fraction of sp³-hybridized carbons (Fsp3) is 0.286. The molecule has 2 aromatic heterocycles. The third-order valence-electron chi connectivity index (χ3n) is 4.36. The van der Waals surface area contributed by atoms with E-state index in [2.05, 4.69) is 20.3 Å². The molecule has 0 saturated carbocycles. The highest BCUT2D eigenvalue weighted by molar-refractivity contribution is 5.59. The van der Waals surface area contributed by atoms with E-state index in [1.807, 2.05) is 42.5 Å². The molecule has 6 nitrogen and oxygen atoms in total. The van der Waals surface area contributed by atoms with Crippen molar-refractivity contribution in [3.63, 3.8) is 0 Å². The first-order chi connectivity index (χ1) is 14.4. The summed E-state index contributed by atoms with van der Waals surface area (Å²) in [4.78, 5) is 11.9. The molecule has 0 aliphatic heterocycles. The number of aliphatic hydroxyl groups excluding tert-OH is 1. The van der Waals surface area contributed by atoms with Crippen molar-refractivity contribution in [3.8, 4) is 17.1 Å². The van der Waals surface area contributed by atoms with Gasteiger partial charge in [-0.25, -0.2) is 4.98 Å². The van der Waals surface area contributed by atoms with E-state index >= 15 is 0 Å². The van der Waals surface area contributed by atoms with Crippen molar-refractivity contribution in [2.45, 2.75) is 32.2 Å². The van der Waals surface area contributed by atoms with Crippen molar-refractivity contribution in [2.75, 3.05) is 11.9 Å². The lowest BCUT2D eigenvalue weighted by atomic mass is 10.1. The number of pyridine rings is 1. The van der Waals surface area contributed by atoms with Crippen molar-refractivity contribution in [1.29, 1.82) is 0 Å². The topological polar surface area (TPSA) is 80.2 Å². The molecule has 1 aromatic carbocycles. The Labute approximate surface area is 171 Å². The van der Waals surface area contributed by atoms with Crippen LogP contribution in [0, 0.1) is 0 Å². The van der Waals surface area contributed by atoms with Crippen LogP contribution in [0.25, 0.3) is 11.3 Å². The number of alkyl halides is 3. The van der Waals surface area contributed by atoms with E-state index in [4.69, 9.17) is 4.74 Å². The molecular formula is C21H21F3N4O2. The van der Waals surface area contributed by atoms with Crippen LogP contribution < -0.4 is 10.1 Å². The molecule has 0 bridgehead atoms. The van der Waals surface area contributed by atoms with Gasteiger partial charge in [-0.15, -0.1) is 0 Å². The van der Waals surface area contributed by atoms with Gasteiger partial charge in [-0.05, 0) is 24.1 Å². The summed E-state index contributed by atoms with van der Waals surface area (Å²) in [5.41, 5.74) is 1.61. The molecular weight excluding hydrogens is 397 g/mol. The van der Waals surface area contributed by atoms with Crippen molar-refractivity contribution < 1.29 is 23.0 Å². The number of ether oxygens (including phenoxy) is 1. The minimum atomic E-state index is -4.66. The normalized spacial score (nSPS) is 12.4. The Morgan fingerprint density at radius 2 is 1.87 bits per heavy atom. The summed E-state index contributed by atoms with van der Waals surface area (Å²) in [5.74, 6) is -0.606. The standard InChI is InChI=1S/C21H21F3N4O2/c1-2-16(13-29)30-19-17(21(22,23)24)12-27-20(28-19)26-11-14-6-8-15(9-7-14)18-5-3-4-10-25-18/h3-10,12,16,29H,2,11,13H2,1H3,(H,26,27,28)/t16-/m1/s1. The predicted molar refractivity (Wildman–Crippen MR) is 106 cm³/mol. The minimum Gasteiger partial charge on any atom is -0.471 e. The van der Waals surface area contributed by atoms with Crippen molar-refractivity contribution in [3.05, 3.63) is 66.0 Å². The third kappa shape index (κ3) is 5.44. The number of halogens is 3. The van der Waals surface area contributed by atoms with Gasteiger partial charge in [-0.2, -0.15) is 18.2 Å². The number of rotatable bonds is 8. The summed E-state index contributed by atoms with van der Waals surface area (Å²) in [6, 6.07) is 13.2. The lowest BCUT2D eigenvalue weighted by molar-refractivity contribution is -0.140. The van der Waals surface area contributed by atoms with E-state index in [9.17, 15) is 18.3 Å². The van der Waals surface area contributed by atoms with Crippen LogP contribution in [0.15, 0.2) is 54.9 Å². The van der Waals surface area contributed by atoms with Crippen LogP contribution in [0.5, 0.6) is 5.88 Å². The van der Waals surface area contributed by atoms with E-state index in [0.29, 0.717) is 19.2 Å². The van der Waals surface area contributed by atoms with Gasteiger partial charge in [0.2, 0.25) is 11.8 Å². The Balaban J connectivity index is 1.73.